The van der Waals surface area contributed by atoms with Crippen LogP contribution in [-0.4, -0.2) is 24.2 Å². The Balaban J connectivity index is 2.40. The fourth-order valence-corrected chi connectivity index (χ4v) is 1.84. The minimum atomic E-state index is -0.186. The number of ether oxygens (including phenoxy) is 2. The second-order valence-corrected chi connectivity index (χ2v) is 4.15. The first-order valence-electron chi connectivity index (χ1n) is 5.90. The number of rotatable bonds is 5. The van der Waals surface area contributed by atoms with Crippen LogP contribution in [0.25, 0.3) is 11.4 Å². The van der Waals surface area contributed by atoms with Crippen molar-refractivity contribution in [1.82, 2.24) is 9.97 Å². The van der Waals surface area contributed by atoms with E-state index in [1.54, 1.807) is 14.2 Å². The summed E-state index contributed by atoms with van der Waals surface area (Å²) >= 11 is 0. The van der Waals surface area contributed by atoms with Gasteiger partial charge in [0.2, 0.25) is 0 Å². The average Bonchev–Trinajstić information content (AvgIpc) is 2.39. The molecule has 100 valence electrons. The van der Waals surface area contributed by atoms with Crippen LogP contribution in [0.4, 0.5) is 0 Å². The van der Waals surface area contributed by atoms with Crippen LogP contribution < -0.4 is 5.56 Å². The summed E-state index contributed by atoms with van der Waals surface area (Å²) in [5.41, 5.74) is 2.30. The third-order valence-electron chi connectivity index (χ3n) is 2.60. The molecule has 5 nitrogen and oxygen atoms in total. The number of methoxy groups -OCH3 is 2. The van der Waals surface area contributed by atoms with Gasteiger partial charge in [-0.2, -0.15) is 0 Å². The van der Waals surface area contributed by atoms with E-state index >= 15 is 0 Å². The number of nitrogens with one attached hydrogen (secondary N) is 1. The lowest BCUT2D eigenvalue weighted by atomic mass is 10.1. The van der Waals surface area contributed by atoms with Crippen LogP contribution in [0.15, 0.2) is 35.1 Å². The molecule has 0 aliphatic rings. The van der Waals surface area contributed by atoms with E-state index in [0.29, 0.717) is 24.7 Å². The fraction of sp³-hybridized carbons (Fsp3) is 0.286. The van der Waals surface area contributed by atoms with Crippen molar-refractivity contribution < 1.29 is 9.47 Å². The van der Waals surface area contributed by atoms with Crippen LogP contribution in [0, 0.1) is 0 Å². The summed E-state index contributed by atoms with van der Waals surface area (Å²) in [4.78, 5) is 18.7. The molecule has 0 aliphatic carbocycles. The molecule has 0 bridgehead atoms. The van der Waals surface area contributed by atoms with Crippen molar-refractivity contribution >= 4 is 0 Å². The summed E-state index contributed by atoms with van der Waals surface area (Å²) < 4.78 is 10.1. The Labute approximate surface area is 111 Å². The highest BCUT2D eigenvalue weighted by atomic mass is 16.5. The van der Waals surface area contributed by atoms with Gasteiger partial charge < -0.3 is 14.5 Å². The van der Waals surface area contributed by atoms with E-state index in [9.17, 15) is 4.79 Å². The van der Waals surface area contributed by atoms with Gasteiger partial charge >= 0.3 is 0 Å². The summed E-state index contributed by atoms with van der Waals surface area (Å²) in [6.45, 7) is 0.838. The molecule has 1 aromatic carbocycles. The highest BCUT2D eigenvalue weighted by Gasteiger charge is 2.05. The first-order chi connectivity index (χ1) is 9.22. The third-order valence-corrected chi connectivity index (χ3v) is 2.60. The zero-order chi connectivity index (χ0) is 13.7. The molecular formula is C14H16N2O3. The zero-order valence-corrected chi connectivity index (χ0v) is 11.0. The number of H-pyrrole nitrogens is 1. The summed E-state index contributed by atoms with van der Waals surface area (Å²) in [6, 6.07) is 9.15. The molecule has 0 unspecified atom stereocenters. The van der Waals surface area contributed by atoms with Crippen LogP contribution >= 0.6 is 0 Å². The molecule has 19 heavy (non-hydrogen) atoms. The zero-order valence-electron chi connectivity index (χ0n) is 11.0. The molecule has 0 radical (unpaired) electrons. The van der Waals surface area contributed by atoms with Crippen LogP contribution in [0.2, 0.25) is 0 Å². The Morgan fingerprint density at radius 1 is 1.16 bits per heavy atom. The first kappa shape index (κ1) is 13.5. The molecule has 0 atom stereocenters. The van der Waals surface area contributed by atoms with Crippen molar-refractivity contribution in [2.45, 2.75) is 13.2 Å². The Kier molecular flexibility index (Phi) is 4.43. The molecule has 0 amide bonds. The predicted octanol–water partition coefficient (Wildman–Crippen LogP) is 1.73. The van der Waals surface area contributed by atoms with E-state index in [2.05, 4.69) is 9.97 Å². The van der Waals surface area contributed by atoms with Crippen molar-refractivity contribution in [2.24, 2.45) is 0 Å². The number of aromatic amines is 1. The topological polar surface area (TPSA) is 64.2 Å². The van der Waals surface area contributed by atoms with Crippen molar-refractivity contribution in [1.29, 1.82) is 0 Å². The molecule has 1 aromatic heterocycles. The Hall–Kier alpha value is -1.98. The monoisotopic (exact) mass is 260 g/mol. The molecule has 0 spiro atoms. The summed E-state index contributed by atoms with van der Waals surface area (Å²) in [6.07, 6.45) is 0. The normalized spacial score (nSPS) is 10.6. The minimum Gasteiger partial charge on any atom is -0.380 e. The van der Waals surface area contributed by atoms with E-state index < -0.39 is 0 Å². The standard InChI is InChI=1S/C14H16N2O3/c1-18-8-10-4-3-5-11(6-10)14-15-12(9-19-2)7-13(17)16-14/h3-7H,8-9H2,1-2H3,(H,15,16,17). The van der Waals surface area contributed by atoms with Crippen LogP contribution in [0.3, 0.4) is 0 Å². The van der Waals surface area contributed by atoms with Gasteiger partial charge in [0.15, 0.2) is 0 Å². The minimum absolute atomic E-state index is 0.186. The summed E-state index contributed by atoms with van der Waals surface area (Å²) in [5, 5.41) is 0. The van der Waals surface area contributed by atoms with Gasteiger partial charge in [-0.05, 0) is 11.6 Å². The molecule has 0 saturated heterocycles. The predicted molar refractivity (Wildman–Crippen MR) is 71.7 cm³/mol. The average molecular weight is 260 g/mol. The maximum Gasteiger partial charge on any atom is 0.251 e. The van der Waals surface area contributed by atoms with Gasteiger partial charge in [-0.15, -0.1) is 0 Å². The lowest BCUT2D eigenvalue weighted by Crippen LogP contribution is -2.11. The Morgan fingerprint density at radius 3 is 2.68 bits per heavy atom. The maximum atomic E-state index is 11.6. The second kappa shape index (κ2) is 6.26. The lowest BCUT2D eigenvalue weighted by molar-refractivity contribution is 0.181. The van der Waals surface area contributed by atoms with E-state index in [-0.39, 0.29) is 5.56 Å². The van der Waals surface area contributed by atoms with Gasteiger partial charge in [-0.1, -0.05) is 18.2 Å². The van der Waals surface area contributed by atoms with Crippen molar-refractivity contribution in [2.75, 3.05) is 14.2 Å². The largest absolute Gasteiger partial charge is 0.380 e. The number of benzene rings is 1. The molecule has 5 heteroatoms. The Morgan fingerprint density at radius 2 is 1.95 bits per heavy atom. The molecule has 2 rings (SSSR count). The van der Waals surface area contributed by atoms with Gasteiger partial charge in [0.1, 0.15) is 5.82 Å². The lowest BCUT2D eigenvalue weighted by Gasteiger charge is -2.06. The Bertz CT molecular complexity index is 608. The third kappa shape index (κ3) is 3.49. The van der Waals surface area contributed by atoms with Crippen molar-refractivity contribution in [3.8, 4) is 11.4 Å². The van der Waals surface area contributed by atoms with Gasteiger partial charge in [0.25, 0.3) is 5.56 Å². The number of hydrogen-bond donors (Lipinski definition) is 1. The SMILES string of the molecule is COCc1cccc(-c2nc(COC)cc(=O)[nH]2)c1. The highest BCUT2D eigenvalue weighted by molar-refractivity contribution is 5.55. The summed E-state index contributed by atoms with van der Waals surface area (Å²) in [7, 11) is 3.22. The smallest absolute Gasteiger partial charge is 0.251 e. The quantitative estimate of drug-likeness (QED) is 0.889. The first-order valence-corrected chi connectivity index (χ1v) is 5.90. The second-order valence-electron chi connectivity index (χ2n) is 4.15. The van der Waals surface area contributed by atoms with Crippen LogP contribution in [-0.2, 0) is 22.7 Å². The molecule has 1 N–H and O–H groups in total. The molecule has 1 heterocycles. The number of hydrogen-bond acceptors (Lipinski definition) is 4. The van der Waals surface area contributed by atoms with E-state index in [1.807, 2.05) is 24.3 Å². The maximum absolute atomic E-state index is 11.6. The van der Waals surface area contributed by atoms with E-state index in [4.69, 9.17) is 9.47 Å². The molecule has 0 saturated carbocycles. The van der Waals surface area contributed by atoms with Gasteiger partial charge in [-0.25, -0.2) is 4.98 Å². The van der Waals surface area contributed by atoms with Crippen LogP contribution in [0.5, 0.6) is 0 Å². The fourth-order valence-electron chi connectivity index (χ4n) is 1.84. The highest BCUT2D eigenvalue weighted by Crippen LogP contribution is 2.16. The van der Waals surface area contributed by atoms with Gasteiger partial charge in [-0.3, -0.25) is 4.79 Å². The molecule has 0 aliphatic heterocycles. The van der Waals surface area contributed by atoms with Gasteiger partial charge in [0.05, 0.1) is 18.9 Å². The summed E-state index contributed by atoms with van der Waals surface area (Å²) in [5.74, 6) is 0.539. The molecular weight excluding hydrogens is 244 g/mol. The molecule has 0 fully saturated rings. The molecule has 2 aromatic rings. The van der Waals surface area contributed by atoms with Crippen molar-refractivity contribution in [3.05, 3.63) is 51.9 Å². The number of nitrogens with zero attached hydrogens (tertiary/aromatic N) is 1. The van der Waals surface area contributed by atoms with Gasteiger partial charge in [0, 0.05) is 25.8 Å². The van der Waals surface area contributed by atoms with Crippen molar-refractivity contribution in [3.63, 3.8) is 0 Å². The van der Waals surface area contributed by atoms with Crippen LogP contribution in [0.1, 0.15) is 11.3 Å². The van der Waals surface area contributed by atoms with E-state index in [0.717, 1.165) is 11.1 Å². The van der Waals surface area contributed by atoms with E-state index in [1.165, 1.54) is 6.07 Å². The number of aromatic nitrogens is 2.